The number of Topliss-reactive ketones (excluding diaryl/α,β-unsaturated/α-hetero) is 1. The number of hydrogen-bond donors (Lipinski definition) is 0. The molecule has 1 rings (SSSR count). The minimum Gasteiger partial charge on any atom is -0.290 e. The molecule has 0 amide bonds. The summed E-state index contributed by atoms with van der Waals surface area (Å²) in [5.74, 6) is -1.24. The summed E-state index contributed by atoms with van der Waals surface area (Å²) in [6.45, 7) is 2.60. The van der Waals surface area contributed by atoms with E-state index in [0.29, 0.717) is 0 Å². The molecule has 13 heavy (non-hydrogen) atoms. The van der Waals surface area contributed by atoms with Crippen LogP contribution in [0.4, 0.5) is 8.78 Å². The average Bonchev–Trinajstić information content (AvgIpc) is 2.01. The lowest BCUT2D eigenvalue weighted by Gasteiger charge is -2.13. The Kier molecular flexibility index (Phi) is 2.40. The fourth-order valence-corrected chi connectivity index (χ4v) is 1.15. The van der Waals surface area contributed by atoms with E-state index in [1.807, 2.05) is 0 Å². The van der Waals surface area contributed by atoms with Gasteiger partial charge in [0.1, 0.15) is 0 Å². The van der Waals surface area contributed by atoms with E-state index < -0.39 is 23.6 Å². The molecule has 0 heterocycles. The molecule has 0 aromatic heterocycles. The highest BCUT2D eigenvalue weighted by Gasteiger charge is 2.29. The maximum atomic E-state index is 12.3. The van der Waals surface area contributed by atoms with E-state index in [4.69, 9.17) is 0 Å². The third-order valence-corrected chi connectivity index (χ3v) is 1.94. The van der Waals surface area contributed by atoms with Gasteiger partial charge in [0.05, 0.1) is 5.57 Å². The first kappa shape index (κ1) is 9.77. The Morgan fingerprint density at radius 1 is 1.23 bits per heavy atom. The summed E-state index contributed by atoms with van der Waals surface area (Å²) in [4.78, 5) is 22.2. The first-order valence-electron chi connectivity index (χ1n) is 3.71. The summed E-state index contributed by atoms with van der Waals surface area (Å²) in [5.41, 5.74) is -0.735. The summed E-state index contributed by atoms with van der Waals surface area (Å²) in [5, 5.41) is 0. The van der Waals surface area contributed by atoms with Crippen molar-refractivity contribution in [1.29, 1.82) is 0 Å². The SMILES string of the molecule is CC1=CC(=O)C(C)=C(C(F)F)C1=O. The van der Waals surface area contributed by atoms with E-state index in [2.05, 4.69) is 0 Å². The number of halogens is 2. The molecule has 1 aliphatic carbocycles. The summed E-state index contributed by atoms with van der Waals surface area (Å²) < 4.78 is 24.6. The van der Waals surface area contributed by atoms with Crippen molar-refractivity contribution >= 4 is 11.6 Å². The molecule has 0 unspecified atom stereocenters. The van der Waals surface area contributed by atoms with Gasteiger partial charge in [-0.1, -0.05) is 0 Å². The van der Waals surface area contributed by atoms with Crippen LogP contribution in [-0.2, 0) is 9.59 Å². The van der Waals surface area contributed by atoms with Gasteiger partial charge >= 0.3 is 0 Å². The van der Waals surface area contributed by atoms with Gasteiger partial charge in [0, 0.05) is 11.1 Å². The Morgan fingerprint density at radius 2 is 1.77 bits per heavy atom. The first-order chi connectivity index (χ1) is 5.95. The molecule has 0 aromatic carbocycles. The van der Waals surface area contributed by atoms with Crippen molar-refractivity contribution in [3.8, 4) is 0 Å². The lowest BCUT2D eigenvalue weighted by Crippen LogP contribution is -2.21. The van der Waals surface area contributed by atoms with Gasteiger partial charge in [0.15, 0.2) is 11.6 Å². The zero-order valence-electron chi connectivity index (χ0n) is 7.23. The molecule has 0 spiro atoms. The van der Waals surface area contributed by atoms with Crippen molar-refractivity contribution in [2.24, 2.45) is 0 Å². The first-order valence-corrected chi connectivity index (χ1v) is 3.71. The Morgan fingerprint density at radius 3 is 2.23 bits per heavy atom. The number of carbonyl (C=O) groups is 2. The topological polar surface area (TPSA) is 34.1 Å². The second kappa shape index (κ2) is 3.20. The summed E-state index contributed by atoms with van der Waals surface area (Å²) in [6.07, 6.45) is -1.79. The van der Waals surface area contributed by atoms with E-state index in [0.717, 1.165) is 6.08 Å². The smallest absolute Gasteiger partial charge is 0.268 e. The zero-order chi connectivity index (χ0) is 10.2. The lowest BCUT2D eigenvalue weighted by molar-refractivity contribution is -0.116. The van der Waals surface area contributed by atoms with Gasteiger partial charge in [-0.2, -0.15) is 0 Å². The minimum atomic E-state index is -2.87. The predicted octanol–water partition coefficient (Wildman–Crippen LogP) is 1.67. The lowest BCUT2D eigenvalue weighted by atomic mass is 9.91. The number of carbonyl (C=O) groups excluding carboxylic acids is 2. The Balaban J connectivity index is 3.23. The standard InChI is InChI=1S/C9H8F2O2/c1-4-3-6(12)5(2)7(8(4)13)9(10)11/h3,9H,1-2H3. The zero-order valence-corrected chi connectivity index (χ0v) is 7.23. The monoisotopic (exact) mass is 186 g/mol. The van der Waals surface area contributed by atoms with Crippen molar-refractivity contribution in [2.45, 2.75) is 20.3 Å². The molecule has 0 N–H and O–H groups in total. The van der Waals surface area contributed by atoms with Crippen LogP contribution in [0, 0.1) is 0 Å². The van der Waals surface area contributed by atoms with E-state index in [1.165, 1.54) is 13.8 Å². The quantitative estimate of drug-likeness (QED) is 0.583. The van der Waals surface area contributed by atoms with E-state index >= 15 is 0 Å². The second-order valence-corrected chi connectivity index (χ2v) is 2.86. The van der Waals surface area contributed by atoms with Crippen LogP contribution >= 0.6 is 0 Å². The van der Waals surface area contributed by atoms with Crippen molar-refractivity contribution in [3.63, 3.8) is 0 Å². The summed E-state index contributed by atoms with van der Waals surface area (Å²) in [6, 6.07) is 0. The number of ketones is 2. The third kappa shape index (κ3) is 1.56. The van der Waals surface area contributed by atoms with Gasteiger partial charge in [0.25, 0.3) is 6.43 Å². The molecular formula is C9H8F2O2. The van der Waals surface area contributed by atoms with Crippen LogP contribution in [0.5, 0.6) is 0 Å². The van der Waals surface area contributed by atoms with Crippen molar-refractivity contribution in [3.05, 3.63) is 22.8 Å². The highest BCUT2D eigenvalue weighted by atomic mass is 19.3. The van der Waals surface area contributed by atoms with Crippen LogP contribution in [0.15, 0.2) is 22.8 Å². The van der Waals surface area contributed by atoms with Gasteiger partial charge < -0.3 is 0 Å². The second-order valence-electron chi connectivity index (χ2n) is 2.86. The van der Waals surface area contributed by atoms with Gasteiger partial charge in [-0.3, -0.25) is 9.59 Å². The molecule has 1 aliphatic rings. The van der Waals surface area contributed by atoms with Crippen LogP contribution in [0.2, 0.25) is 0 Å². The molecule has 0 saturated heterocycles. The highest BCUT2D eigenvalue weighted by Crippen LogP contribution is 2.23. The fraction of sp³-hybridized carbons (Fsp3) is 0.333. The molecule has 0 atom stereocenters. The van der Waals surface area contributed by atoms with Crippen molar-refractivity contribution in [1.82, 2.24) is 0 Å². The van der Waals surface area contributed by atoms with Gasteiger partial charge in [0.2, 0.25) is 0 Å². The van der Waals surface area contributed by atoms with Gasteiger partial charge in [-0.25, -0.2) is 8.78 Å². The molecular weight excluding hydrogens is 178 g/mol. The average molecular weight is 186 g/mol. The molecule has 0 aliphatic heterocycles. The molecule has 0 fully saturated rings. The number of alkyl halides is 2. The highest BCUT2D eigenvalue weighted by molar-refractivity contribution is 6.22. The van der Waals surface area contributed by atoms with Crippen LogP contribution in [0.25, 0.3) is 0 Å². The molecule has 0 aromatic rings. The molecule has 0 bridgehead atoms. The normalized spacial score (nSPS) is 18.4. The predicted molar refractivity (Wildman–Crippen MR) is 42.5 cm³/mol. The third-order valence-electron chi connectivity index (χ3n) is 1.94. The maximum absolute atomic E-state index is 12.3. The van der Waals surface area contributed by atoms with E-state index in [-0.39, 0.29) is 11.1 Å². The largest absolute Gasteiger partial charge is 0.290 e. The van der Waals surface area contributed by atoms with E-state index in [1.54, 1.807) is 0 Å². The van der Waals surface area contributed by atoms with Gasteiger partial charge in [-0.15, -0.1) is 0 Å². The molecule has 2 nitrogen and oxygen atoms in total. The minimum absolute atomic E-state index is 0.0749. The fourth-order valence-electron chi connectivity index (χ4n) is 1.15. The van der Waals surface area contributed by atoms with Crippen molar-refractivity contribution < 1.29 is 18.4 Å². The Hall–Kier alpha value is -1.32. The molecule has 0 saturated carbocycles. The molecule has 0 radical (unpaired) electrons. The molecule has 70 valence electrons. The maximum Gasteiger partial charge on any atom is 0.268 e. The number of hydrogen-bond acceptors (Lipinski definition) is 2. The number of allylic oxidation sites excluding steroid dienone is 4. The summed E-state index contributed by atoms with van der Waals surface area (Å²) >= 11 is 0. The van der Waals surface area contributed by atoms with Gasteiger partial charge in [-0.05, 0) is 19.9 Å². The molecule has 4 heteroatoms. The van der Waals surface area contributed by atoms with Crippen LogP contribution < -0.4 is 0 Å². The Bertz CT molecular complexity index is 338. The van der Waals surface area contributed by atoms with Crippen LogP contribution in [0.3, 0.4) is 0 Å². The van der Waals surface area contributed by atoms with Crippen molar-refractivity contribution in [2.75, 3.05) is 0 Å². The number of rotatable bonds is 1. The van der Waals surface area contributed by atoms with Crippen LogP contribution in [0.1, 0.15) is 13.8 Å². The van der Waals surface area contributed by atoms with Crippen LogP contribution in [-0.4, -0.2) is 18.0 Å². The van der Waals surface area contributed by atoms with E-state index in [9.17, 15) is 18.4 Å². The summed E-state index contributed by atoms with van der Waals surface area (Å²) in [7, 11) is 0. The Labute approximate surface area is 73.9 Å².